The lowest BCUT2D eigenvalue weighted by atomic mass is 10.1. The zero-order chi connectivity index (χ0) is 19.2. The lowest BCUT2D eigenvalue weighted by Gasteiger charge is -2.18. The van der Waals surface area contributed by atoms with Crippen LogP contribution in [0.1, 0.15) is 30.5 Å². The molecule has 1 N–H and O–H groups in total. The molecule has 2 aromatic carbocycles. The lowest BCUT2D eigenvalue weighted by molar-refractivity contribution is 0.395. The molecule has 0 aliphatic rings. The lowest BCUT2D eigenvalue weighted by Crippen LogP contribution is -2.27. The van der Waals surface area contributed by atoms with Crippen LogP contribution in [0.2, 0.25) is 0 Å². The third-order valence-corrected chi connectivity index (χ3v) is 5.89. The molecule has 0 aliphatic carbocycles. The summed E-state index contributed by atoms with van der Waals surface area (Å²) in [6.07, 6.45) is 1.69. The number of aryl methyl sites for hydroxylation is 1. The maximum absolute atomic E-state index is 12.7. The van der Waals surface area contributed by atoms with Crippen molar-refractivity contribution >= 4 is 21.6 Å². The summed E-state index contributed by atoms with van der Waals surface area (Å²) in [7, 11) is -0.552. The molecule has 0 bridgehead atoms. The second-order valence-corrected chi connectivity index (χ2v) is 7.98. The molecule has 0 saturated heterocycles. The average Bonchev–Trinajstić information content (AvgIpc) is 2.65. The molecular formula is C19H24ClNO4S. The second-order valence-electron chi connectivity index (χ2n) is 5.89. The molecular weight excluding hydrogens is 374 g/mol. The summed E-state index contributed by atoms with van der Waals surface area (Å²) < 4.78 is 38.6. The first-order valence-corrected chi connectivity index (χ1v) is 10.3. The predicted octanol–water partition coefficient (Wildman–Crippen LogP) is 3.91. The van der Waals surface area contributed by atoms with Crippen LogP contribution in [0.15, 0.2) is 47.4 Å². The first-order valence-electron chi connectivity index (χ1n) is 8.30. The highest BCUT2D eigenvalue weighted by Gasteiger charge is 2.21. The fourth-order valence-electron chi connectivity index (χ4n) is 2.65. The third-order valence-electron chi connectivity index (χ3n) is 4.07. The van der Waals surface area contributed by atoms with Crippen molar-refractivity contribution in [3.05, 3.63) is 53.6 Å². The molecule has 1 unspecified atom stereocenters. The Bertz CT molecular complexity index is 822. The minimum Gasteiger partial charge on any atom is -0.497 e. The summed E-state index contributed by atoms with van der Waals surface area (Å²) in [6, 6.07) is 11.7. The molecule has 0 spiro atoms. The smallest absolute Gasteiger partial charge is 0.241 e. The van der Waals surface area contributed by atoms with Crippen molar-refractivity contribution in [1.82, 2.24) is 4.72 Å². The van der Waals surface area contributed by atoms with E-state index in [4.69, 9.17) is 21.1 Å². The molecule has 0 aliphatic heterocycles. The quantitative estimate of drug-likeness (QED) is 0.651. The van der Waals surface area contributed by atoms with E-state index < -0.39 is 16.1 Å². The topological polar surface area (TPSA) is 64.6 Å². The SMILES string of the molecule is COc1ccc(OC)c(C(C)NS(=O)(=O)c2ccc(CCCCl)cc2)c1. The monoisotopic (exact) mass is 397 g/mol. The largest absolute Gasteiger partial charge is 0.497 e. The van der Waals surface area contributed by atoms with Gasteiger partial charge >= 0.3 is 0 Å². The van der Waals surface area contributed by atoms with Gasteiger partial charge in [-0.1, -0.05) is 12.1 Å². The molecule has 2 rings (SSSR count). The number of benzene rings is 2. The molecule has 2 aromatic rings. The summed E-state index contributed by atoms with van der Waals surface area (Å²) in [5, 5.41) is 0. The van der Waals surface area contributed by atoms with Gasteiger partial charge < -0.3 is 9.47 Å². The number of nitrogens with one attached hydrogen (secondary N) is 1. The van der Waals surface area contributed by atoms with Gasteiger partial charge in [0.1, 0.15) is 11.5 Å². The Morgan fingerprint density at radius 3 is 2.35 bits per heavy atom. The highest BCUT2D eigenvalue weighted by atomic mass is 35.5. The molecule has 0 radical (unpaired) electrons. The molecule has 26 heavy (non-hydrogen) atoms. The summed E-state index contributed by atoms with van der Waals surface area (Å²) in [6.45, 7) is 1.77. The Hall–Kier alpha value is -1.76. The maximum atomic E-state index is 12.7. The molecule has 142 valence electrons. The summed E-state index contributed by atoms with van der Waals surface area (Å²) in [5.74, 6) is 1.81. The van der Waals surface area contributed by atoms with Crippen LogP contribution in [0.3, 0.4) is 0 Å². The van der Waals surface area contributed by atoms with Gasteiger partial charge in [0.15, 0.2) is 0 Å². The van der Waals surface area contributed by atoms with Crippen LogP contribution >= 0.6 is 11.6 Å². The Morgan fingerprint density at radius 1 is 1.08 bits per heavy atom. The molecule has 0 saturated carbocycles. The van der Waals surface area contributed by atoms with Gasteiger partial charge in [-0.3, -0.25) is 0 Å². The van der Waals surface area contributed by atoms with Gasteiger partial charge in [0, 0.05) is 17.5 Å². The second kappa shape index (κ2) is 9.26. The zero-order valence-electron chi connectivity index (χ0n) is 15.2. The van der Waals surface area contributed by atoms with Crippen molar-refractivity contribution in [2.75, 3.05) is 20.1 Å². The van der Waals surface area contributed by atoms with Gasteiger partial charge in [-0.2, -0.15) is 0 Å². The number of rotatable bonds is 9. The predicted molar refractivity (Wildman–Crippen MR) is 104 cm³/mol. The molecule has 7 heteroatoms. The number of hydrogen-bond acceptors (Lipinski definition) is 4. The Labute approximate surface area is 160 Å². The summed E-state index contributed by atoms with van der Waals surface area (Å²) >= 11 is 5.69. The number of ether oxygens (including phenoxy) is 2. The van der Waals surface area contributed by atoms with Crippen LogP contribution in [0.25, 0.3) is 0 Å². The van der Waals surface area contributed by atoms with E-state index in [9.17, 15) is 8.42 Å². The first kappa shape index (κ1) is 20.6. The van der Waals surface area contributed by atoms with Crippen LogP contribution in [-0.4, -0.2) is 28.5 Å². The Morgan fingerprint density at radius 2 is 1.77 bits per heavy atom. The molecule has 0 fully saturated rings. The van der Waals surface area contributed by atoms with Gasteiger partial charge in [0.25, 0.3) is 0 Å². The standard InChI is InChI=1S/C19H24ClNO4S/c1-14(18-13-16(24-2)8-11-19(18)25-3)21-26(22,23)17-9-6-15(7-10-17)5-4-12-20/h6-11,13-14,21H,4-5,12H2,1-3H3. The van der Waals surface area contributed by atoms with E-state index in [1.54, 1.807) is 51.5 Å². The van der Waals surface area contributed by atoms with Crippen molar-refractivity contribution in [1.29, 1.82) is 0 Å². The maximum Gasteiger partial charge on any atom is 0.241 e. The number of alkyl halides is 1. The zero-order valence-corrected chi connectivity index (χ0v) is 16.7. The summed E-state index contributed by atoms with van der Waals surface area (Å²) in [4.78, 5) is 0.223. The van der Waals surface area contributed by atoms with E-state index in [0.717, 1.165) is 18.4 Å². The molecule has 0 amide bonds. The number of hydrogen-bond donors (Lipinski definition) is 1. The Kier molecular flexibility index (Phi) is 7.32. The molecule has 5 nitrogen and oxygen atoms in total. The van der Waals surface area contributed by atoms with E-state index in [1.807, 2.05) is 12.1 Å². The van der Waals surface area contributed by atoms with E-state index in [2.05, 4.69) is 4.72 Å². The van der Waals surface area contributed by atoms with Crippen LogP contribution in [0.4, 0.5) is 0 Å². The van der Waals surface area contributed by atoms with E-state index >= 15 is 0 Å². The number of halogens is 1. The van der Waals surface area contributed by atoms with Crippen LogP contribution in [0, 0.1) is 0 Å². The fourth-order valence-corrected chi connectivity index (χ4v) is 4.00. The van der Waals surface area contributed by atoms with Gasteiger partial charge in [0.2, 0.25) is 10.0 Å². The van der Waals surface area contributed by atoms with Crippen LogP contribution < -0.4 is 14.2 Å². The third kappa shape index (κ3) is 5.13. The van der Waals surface area contributed by atoms with E-state index in [-0.39, 0.29) is 4.90 Å². The van der Waals surface area contributed by atoms with Gasteiger partial charge in [0.05, 0.1) is 19.1 Å². The minimum atomic E-state index is -3.66. The van der Waals surface area contributed by atoms with Crippen molar-refractivity contribution in [2.24, 2.45) is 0 Å². The van der Waals surface area contributed by atoms with Gasteiger partial charge in [-0.25, -0.2) is 13.1 Å². The number of sulfonamides is 1. The molecule has 0 heterocycles. The van der Waals surface area contributed by atoms with Gasteiger partial charge in [-0.15, -0.1) is 11.6 Å². The number of methoxy groups -OCH3 is 2. The van der Waals surface area contributed by atoms with Crippen molar-refractivity contribution in [3.63, 3.8) is 0 Å². The molecule has 1 atom stereocenters. The van der Waals surface area contributed by atoms with Crippen molar-refractivity contribution in [2.45, 2.75) is 30.7 Å². The van der Waals surface area contributed by atoms with Crippen LogP contribution in [0.5, 0.6) is 11.5 Å². The Balaban J connectivity index is 2.20. The van der Waals surface area contributed by atoms with E-state index in [0.29, 0.717) is 22.9 Å². The highest BCUT2D eigenvalue weighted by molar-refractivity contribution is 7.89. The normalized spacial score (nSPS) is 12.6. The first-order chi connectivity index (χ1) is 12.4. The van der Waals surface area contributed by atoms with Gasteiger partial charge in [-0.05, 0) is 55.7 Å². The van der Waals surface area contributed by atoms with Crippen LogP contribution in [-0.2, 0) is 16.4 Å². The van der Waals surface area contributed by atoms with Crippen molar-refractivity contribution < 1.29 is 17.9 Å². The fraction of sp³-hybridized carbons (Fsp3) is 0.368. The average molecular weight is 398 g/mol. The summed E-state index contributed by atoms with van der Waals surface area (Å²) in [5.41, 5.74) is 1.77. The van der Waals surface area contributed by atoms with E-state index in [1.165, 1.54) is 0 Å². The molecule has 0 aromatic heterocycles. The highest BCUT2D eigenvalue weighted by Crippen LogP contribution is 2.30. The van der Waals surface area contributed by atoms with Crippen molar-refractivity contribution in [3.8, 4) is 11.5 Å². The minimum absolute atomic E-state index is 0.223.